The zero-order valence-electron chi connectivity index (χ0n) is 10.0. The molecule has 0 aliphatic heterocycles. The number of nitrogens with two attached hydrogens (primary N) is 1. The maximum absolute atomic E-state index is 13.0. The van der Waals surface area contributed by atoms with E-state index >= 15 is 0 Å². The molecular formula is C13H16FN3. The Bertz CT molecular complexity index is 517. The van der Waals surface area contributed by atoms with E-state index in [4.69, 9.17) is 5.73 Å². The molecule has 2 N–H and O–H groups in total. The summed E-state index contributed by atoms with van der Waals surface area (Å²) in [5.74, 6) is -0.206. The summed E-state index contributed by atoms with van der Waals surface area (Å²) < 4.78 is 14.8. The Kier molecular flexibility index (Phi) is 3.24. The molecule has 0 spiro atoms. The molecular weight excluding hydrogens is 217 g/mol. The number of benzene rings is 1. The molecule has 2 rings (SSSR count). The van der Waals surface area contributed by atoms with Crippen molar-refractivity contribution in [2.45, 2.75) is 26.4 Å². The number of rotatable bonds is 3. The average Bonchev–Trinajstić information content (AvgIpc) is 2.71. The molecule has 2 aromatic rings. The largest absolute Gasteiger partial charge is 0.324 e. The van der Waals surface area contributed by atoms with Crippen molar-refractivity contribution in [3.8, 4) is 0 Å². The van der Waals surface area contributed by atoms with E-state index in [-0.39, 0.29) is 11.9 Å². The van der Waals surface area contributed by atoms with Gasteiger partial charge in [-0.2, -0.15) is 5.10 Å². The highest BCUT2D eigenvalue weighted by Crippen LogP contribution is 2.13. The SMILES string of the molecule is Cc1cc(F)ccc1Cn1cc(C(C)N)cn1. The molecule has 1 atom stereocenters. The number of aryl methyl sites for hydroxylation is 1. The molecule has 0 aliphatic carbocycles. The first kappa shape index (κ1) is 11.8. The molecule has 1 heterocycles. The Morgan fingerprint density at radius 2 is 2.24 bits per heavy atom. The third-order valence-electron chi connectivity index (χ3n) is 2.82. The minimum atomic E-state index is -0.206. The third kappa shape index (κ3) is 2.71. The van der Waals surface area contributed by atoms with Gasteiger partial charge in [0.25, 0.3) is 0 Å². The summed E-state index contributed by atoms with van der Waals surface area (Å²) in [5.41, 5.74) is 8.77. The van der Waals surface area contributed by atoms with Crippen LogP contribution in [0.5, 0.6) is 0 Å². The smallest absolute Gasteiger partial charge is 0.123 e. The molecule has 1 unspecified atom stereocenters. The summed E-state index contributed by atoms with van der Waals surface area (Å²) in [7, 11) is 0. The van der Waals surface area contributed by atoms with Crippen molar-refractivity contribution in [1.82, 2.24) is 9.78 Å². The molecule has 0 amide bonds. The Morgan fingerprint density at radius 1 is 1.47 bits per heavy atom. The van der Waals surface area contributed by atoms with E-state index in [1.54, 1.807) is 12.3 Å². The van der Waals surface area contributed by atoms with Crippen LogP contribution in [0.4, 0.5) is 4.39 Å². The van der Waals surface area contributed by atoms with Gasteiger partial charge in [-0.3, -0.25) is 4.68 Å². The van der Waals surface area contributed by atoms with Crippen molar-refractivity contribution in [2.24, 2.45) is 5.73 Å². The van der Waals surface area contributed by atoms with Crippen LogP contribution in [0.3, 0.4) is 0 Å². The van der Waals surface area contributed by atoms with Crippen LogP contribution in [-0.4, -0.2) is 9.78 Å². The van der Waals surface area contributed by atoms with Crippen molar-refractivity contribution in [1.29, 1.82) is 0 Å². The van der Waals surface area contributed by atoms with Gasteiger partial charge in [0.15, 0.2) is 0 Å². The van der Waals surface area contributed by atoms with E-state index in [1.165, 1.54) is 12.1 Å². The van der Waals surface area contributed by atoms with Gasteiger partial charge in [0.1, 0.15) is 5.82 Å². The van der Waals surface area contributed by atoms with E-state index in [2.05, 4.69) is 5.10 Å². The van der Waals surface area contributed by atoms with Crippen molar-refractivity contribution >= 4 is 0 Å². The van der Waals surface area contributed by atoms with Crippen molar-refractivity contribution in [3.63, 3.8) is 0 Å². The van der Waals surface area contributed by atoms with E-state index in [0.717, 1.165) is 16.7 Å². The second-order valence-corrected chi connectivity index (χ2v) is 4.33. The number of aromatic nitrogens is 2. The third-order valence-corrected chi connectivity index (χ3v) is 2.82. The van der Waals surface area contributed by atoms with Crippen LogP contribution in [-0.2, 0) is 6.54 Å². The minimum Gasteiger partial charge on any atom is -0.324 e. The molecule has 0 saturated carbocycles. The van der Waals surface area contributed by atoms with Crippen molar-refractivity contribution < 1.29 is 4.39 Å². The highest BCUT2D eigenvalue weighted by molar-refractivity contribution is 5.26. The Balaban J connectivity index is 2.19. The summed E-state index contributed by atoms with van der Waals surface area (Å²) in [5, 5.41) is 4.24. The van der Waals surface area contributed by atoms with Gasteiger partial charge >= 0.3 is 0 Å². The lowest BCUT2D eigenvalue weighted by molar-refractivity contribution is 0.622. The molecule has 0 saturated heterocycles. The first-order valence-electron chi connectivity index (χ1n) is 5.59. The van der Waals surface area contributed by atoms with Gasteiger partial charge in [0.05, 0.1) is 12.7 Å². The van der Waals surface area contributed by atoms with Crippen LogP contribution in [0.15, 0.2) is 30.6 Å². The molecule has 0 bridgehead atoms. The second-order valence-electron chi connectivity index (χ2n) is 4.33. The Morgan fingerprint density at radius 3 is 2.82 bits per heavy atom. The second kappa shape index (κ2) is 4.67. The highest BCUT2D eigenvalue weighted by Gasteiger charge is 2.05. The quantitative estimate of drug-likeness (QED) is 0.884. The van der Waals surface area contributed by atoms with Gasteiger partial charge in [-0.25, -0.2) is 4.39 Å². The maximum atomic E-state index is 13.0. The lowest BCUT2D eigenvalue weighted by Crippen LogP contribution is -2.04. The summed E-state index contributed by atoms with van der Waals surface area (Å²) in [6.45, 7) is 4.46. The van der Waals surface area contributed by atoms with E-state index in [0.29, 0.717) is 6.54 Å². The van der Waals surface area contributed by atoms with E-state index < -0.39 is 0 Å². The first-order chi connectivity index (χ1) is 8.06. The highest BCUT2D eigenvalue weighted by atomic mass is 19.1. The minimum absolute atomic E-state index is 0.0157. The van der Waals surface area contributed by atoms with Gasteiger partial charge < -0.3 is 5.73 Å². The topological polar surface area (TPSA) is 43.8 Å². The fourth-order valence-electron chi connectivity index (χ4n) is 1.71. The molecule has 90 valence electrons. The number of hydrogen-bond acceptors (Lipinski definition) is 2. The van der Waals surface area contributed by atoms with Gasteiger partial charge in [-0.15, -0.1) is 0 Å². The normalized spacial score (nSPS) is 12.7. The molecule has 0 radical (unpaired) electrons. The van der Waals surface area contributed by atoms with Crippen LogP contribution in [0.2, 0.25) is 0 Å². The zero-order valence-corrected chi connectivity index (χ0v) is 10.0. The van der Waals surface area contributed by atoms with Crippen LogP contribution in [0.1, 0.15) is 29.7 Å². The van der Waals surface area contributed by atoms with E-state index in [1.807, 2.05) is 24.7 Å². The predicted molar refractivity (Wildman–Crippen MR) is 65.1 cm³/mol. The lowest BCUT2D eigenvalue weighted by Gasteiger charge is -2.06. The Labute approximate surface area is 100 Å². The Hall–Kier alpha value is -1.68. The van der Waals surface area contributed by atoms with Gasteiger partial charge in [-0.1, -0.05) is 6.07 Å². The van der Waals surface area contributed by atoms with E-state index in [9.17, 15) is 4.39 Å². The van der Waals surface area contributed by atoms with Crippen molar-refractivity contribution in [2.75, 3.05) is 0 Å². The maximum Gasteiger partial charge on any atom is 0.123 e. The van der Waals surface area contributed by atoms with Gasteiger partial charge in [0.2, 0.25) is 0 Å². The monoisotopic (exact) mass is 233 g/mol. The van der Waals surface area contributed by atoms with Gasteiger partial charge in [0, 0.05) is 17.8 Å². The molecule has 17 heavy (non-hydrogen) atoms. The lowest BCUT2D eigenvalue weighted by atomic mass is 10.1. The van der Waals surface area contributed by atoms with Gasteiger partial charge in [-0.05, 0) is 37.1 Å². The molecule has 1 aromatic heterocycles. The average molecular weight is 233 g/mol. The fraction of sp³-hybridized carbons (Fsp3) is 0.308. The summed E-state index contributed by atoms with van der Waals surface area (Å²) in [6, 6.07) is 4.78. The number of nitrogens with zero attached hydrogens (tertiary/aromatic N) is 2. The molecule has 1 aromatic carbocycles. The molecule has 4 heteroatoms. The van der Waals surface area contributed by atoms with Crippen molar-refractivity contribution in [3.05, 3.63) is 53.1 Å². The zero-order chi connectivity index (χ0) is 12.4. The summed E-state index contributed by atoms with van der Waals surface area (Å²) in [6.07, 6.45) is 3.69. The van der Waals surface area contributed by atoms with Crippen LogP contribution in [0, 0.1) is 12.7 Å². The van der Waals surface area contributed by atoms with Crippen LogP contribution >= 0.6 is 0 Å². The number of halogens is 1. The first-order valence-corrected chi connectivity index (χ1v) is 5.59. The van der Waals surface area contributed by atoms with Crippen LogP contribution < -0.4 is 5.73 Å². The van der Waals surface area contributed by atoms with Crippen LogP contribution in [0.25, 0.3) is 0 Å². The number of hydrogen-bond donors (Lipinski definition) is 1. The molecule has 0 aliphatic rings. The summed E-state index contributed by atoms with van der Waals surface area (Å²) in [4.78, 5) is 0. The molecule has 0 fully saturated rings. The fourth-order valence-corrected chi connectivity index (χ4v) is 1.71. The standard InChI is InChI=1S/C13H16FN3/c1-9-5-13(14)4-3-11(9)7-17-8-12(6-16-17)10(2)15/h3-6,8,10H,7,15H2,1-2H3. The predicted octanol–water partition coefficient (Wildman–Crippen LogP) is 2.40. The summed E-state index contributed by atoms with van der Waals surface area (Å²) >= 11 is 0. The molecule has 3 nitrogen and oxygen atoms in total.